The number of halogens is 1. The monoisotopic (exact) mass is 339 g/mol. The fourth-order valence-electron chi connectivity index (χ4n) is 6.12. The van der Waals surface area contributed by atoms with E-state index in [0.29, 0.717) is 17.9 Å². The minimum absolute atomic E-state index is 0.0359. The summed E-state index contributed by atoms with van der Waals surface area (Å²) in [7, 11) is 0. The van der Waals surface area contributed by atoms with Crippen molar-refractivity contribution in [2.75, 3.05) is 5.33 Å². The van der Waals surface area contributed by atoms with Gasteiger partial charge in [-0.2, -0.15) is 0 Å². The van der Waals surface area contributed by atoms with Crippen LogP contribution in [0, 0.1) is 29.1 Å². The maximum Gasteiger partial charge on any atom is 0.226 e. The van der Waals surface area contributed by atoms with Crippen molar-refractivity contribution >= 4 is 21.8 Å². The topological polar surface area (TPSA) is 29.1 Å². The van der Waals surface area contributed by atoms with Gasteiger partial charge in [-0.1, -0.05) is 22.4 Å². The van der Waals surface area contributed by atoms with Crippen molar-refractivity contribution in [3.05, 3.63) is 0 Å². The third-order valence-corrected chi connectivity index (χ3v) is 7.53. The van der Waals surface area contributed by atoms with E-state index in [9.17, 15) is 4.79 Å². The molecule has 112 valence electrons. The standard InChI is InChI=1S/C17H26BrNO/c18-10-14-2-1-3-15(14)19-16(20)17-7-11-4-12(8-17)6-13(5-11)9-17/h11-15H,1-10H2,(H,19,20). The highest BCUT2D eigenvalue weighted by atomic mass is 79.9. The molecule has 0 spiro atoms. The fraction of sp³-hybridized carbons (Fsp3) is 0.941. The van der Waals surface area contributed by atoms with E-state index < -0.39 is 0 Å². The molecule has 1 N–H and O–H groups in total. The molecule has 5 fully saturated rings. The molecule has 5 aliphatic carbocycles. The maximum atomic E-state index is 13.0. The van der Waals surface area contributed by atoms with Crippen LogP contribution in [0.25, 0.3) is 0 Å². The lowest BCUT2D eigenvalue weighted by molar-refractivity contribution is -0.147. The van der Waals surface area contributed by atoms with Crippen LogP contribution < -0.4 is 5.32 Å². The predicted octanol–water partition coefficient (Wildman–Crippen LogP) is 3.88. The van der Waals surface area contributed by atoms with E-state index in [1.807, 2.05) is 0 Å². The number of rotatable bonds is 3. The zero-order valence-electron chi connectivity index (χ0n) is 12.2. The lowest BCUT2D eigenvalue weighted by Gasteiger charge is -2.56. The molecule has 5 aliphatic rings. The molecule has 1 amide bonds. The van der Waals surface area contributed by atoms with Gasteiger partial charge in [-0.25, -0.2) is 0 Å². The summed E-state index contributed by atoms with van der Waals surface area (Å²) in [4.78, 5) is 13.0. The van der Waals surface area contributed by atoms with Gasteiger partial charge in [0.2, 0.25) is 5.91 Å². The maximum absolute atomic E-state index is 13.0. The molecule has 3 heteroatoms. The molecule has 0 heterocycles. The summed E-state index contributed by atoms with van der Waals surface area (Å²) in [5, 5.41) is 4.51. The molecule has 2 nitrogen and oxygen atoms in total. The van der Waals surface area contributed by atoms with Gasteiger partial charge in [0.05, 0.1) is 0 Å². The van der Waals surface area contributed by atoms with Crippen molar-refractivity contribution in [1.82, 2.24) is 5.32 Å². The van der Waals surface area contributed by atoms with Crippen molar-refractivity contribution in [1.29, 1.82) is 0 Å². The Bertz CT molecular complexity index is 373. The lowest BCUT2D eigenvalue weighted by Crippen LogP contribution is -2.55. The Labute approximate surface area is 130 Å². The Balaban J connectivity index is 1.48. The highest BCUT2D eigenvalue weighted by molar-refractivity contribution is 9.09. The third kappa shape index (κ3) is 2.15. The van der Waals surface area contributed by atoms with Crippen molar-refractivity contribution in [2.45, 2.75) is 63.8 Å². The van der Waals surface area contributed by atoms with Gasteiger partial charge in [-0.05, 0) is 75.0 Å². The van der Waals surface area contributed by atoms with E-state index >= 15 is 0 Å². The molecular weight excluding hydrogens is 314 g/mol. The zero-order chi connectivity index (χ0) is 13.7. The summed E-state index contributed by atoms with van der Waals surface area (Å²) in [6, 6.07) is 0.440. The number of carbonyl (C=O) groups excluding carboxylic acids is 1. The van der Waals surface area contributed by atoms with Gasteiger partial charge in [0.15, 0.2) is 0 Å². The van der Waals surface area contributed by atoms with Crippen molar-refractivity contribution < 1.29 is 4.79 Å². The number of carbonyl (C=O) groups is 1. The van der Waals surface area contributed by atoms with E-state index in [0.717, 1.165) is 23.1 Å². The van der Waals surface area contributed by atoms with Crippen LogP contribution >= 0.6 is 15.9 Å². The summed E-state index contributed by atoms with van der Waals surface area (Å²) >= 11 is 3.62. The van der Waals surface area contributed by atoms with Crippen molar-refractivity contribution in [3.63, 3.8) is 0 Å². The first-order valence-corrected chi connectivity index (χ1v) is 9.67. The van der Waals surface area contributed by atoms with Crippen LogP contribution in [-0.2, 0) is 4.79 Å². The summed E-state index contributed by atoms with van der Waals surface area (Å²) in [5.41, 5.74) is 0.0359. The Kier molecular flexibility index (Phi) is 3.40. The van der Waals surface area contributed by atoms with Crippen LogP contribution in [0.15, 0.2) is 0 Å². The second-order valence-corrected chi connectivity index (χ2v) is 8.77. The molecule has 0 saturated heterocycles. The van der Waals surface area contributed by atoms with Crippen LogP contribution in [0.4, 0.5) is 0 Å². The lowest BCUT2D eigenvalue weighted by atomic mass is 9.49. The third-order valence-electron chi connectivity index (χ3n) is 6.69. The number of alkyl halides is 1. The van der Waals surface area contributed by atoms with Gasteiger partial charge in [-0.15, -0.1) is 0 Å². The molecule has 2 unspecified atom stereocenters. The van der Waals surface area contributed by atoms with Crippen molar-refractivity contribution in [3.8, 4) is 0 Å². The van der Waals surface area contributed by atoms with Crippen LogP contribution in [-0.4, -0.2) is 17.3 Å². The van der Waals surface area contributed by atoms with E-state index in [-0.39, 0.29) is 5.41 Å². The highest BCUT2D eigenvalue weighted by Gasteiger charge is 2.54. The van der Waals surface area contributed by atoms with E-state index in [1.54, 1.807) is 0 Å². The SMILES string of the molecule is O=C(NC1CCCC1CBr)C12CC3CC(CC(C3)C1)C2. The molecule has 2 atom stereocenters. The predicted molar refractivity (Wildman–Crippen MR) is 83.7 cm³/mol. The minimum Gasteiger partial charge on any atom is -0.353 e. The summed E-state index contributed by atoms with van der Waals surface area (Å²) in [6.45, 7) is 0. The average molecular weight is 340 g/mol. The summed E-state index contributed by atoms with van der Waals surface area (Å²) in [6.07, 6.45) is 11.6. The number of hydrogen-bond donors (Lipinski definition) is 1. The molecule has 4 bridgehead atoms. The first-order valence-electron chi connectivity index (χ1n) is 8.55. The number of hydrogen-bond acceptors (Lipinski definition) is 1. The van der Waals surface area contributed by atoms with Gasteiger partial charge >= 0.3 is 0 Å². The molecule has 5 saturated carbocycles. The first kappa shape index (κ1) is 13.6. The Hall–Kier alpha value is -0.0500. The molecule has 20 heavy (non-hydrogen) atoms. The zero-order valence-corrected chi connectivity index (χ0v) is 13.8. The molecule has 0 aromatic carbocycles. The quantitative estimate of drug-likeness (QED) is 0.776. The Morgan fingerprint density at radius 1 is 1.05 bits per heavy atom. The van der Waals surface area contributed by atoms with E-state index in [2.05, 4.69) is 21.2 Å². The molecule has 0 aliphatic heterocycles. The van der Waals surface area contributed by atoms with Crippen molar-refractivity contribution in [2.24, 2.45) is 29.1 Å². The second kappa shape index (κ2) is 5.00. The molecule has 0 radical (unpaired) electrons. The van der Waals surface area contributed by atoms with Crippen LogP contribution in [0.5, 0.6) is 0 Å². The van der Waals surface area contributed by atoms with Gasteiger partial charge < -0.3 is 5.32 Å². The van der Waals surface area contributed by atoms with Gasteiger partial charge in [-0.3, -0.25) is 4.79 Å². The van der Waals surface area contributed by atoms with E-state index in [4.69, 9.17) is 0 Å². The summed E-state index contributed by atoms with van der Waals surface area (Å²) in [5.74, 6) is 3.68. The first-order chi connectivity index (χ1) is 9.68. The molecule has 0 aromatic heterocycles. The largest absolute Gasteiger partial charge is 0.353 e. The van der Waals surface area contributed by atoms with Crippen LogP contribution in [0.2, 0.25) is 0 Å². The van der Waals surface area contributed by atoms with Gasteiger partial charge in [0.1, 0.15) is 0 Å². The fourth-order valence-corrected chi connectivity index (χ4v) is 6.90. The molecular formula is C17H26BrNO. The normalized spacial score (nSPS) is 49.5. The number of amides is 1. The van der Waals surface area contributed by atoms with Crippen LogP contribution in [0.3, 0.4) is 0 Å². The molecule has 0 aromatic rings. The number of nitrogens with one attached hydrogen (secondary N) is 1. The second-order valence-electron chi connectivity index (χ2n) is 8.12. The van der Waals surface area contributed by atoms with Gasteiger partial charge in [0, 0.05) is 16.8 Å². The summed E-state index contributed by atoms with van der Waals surface area (Å²) < 4.78 is 0. The van der Waals surface area contributed by atoms with Crippen LogP contribution in [0.1, 0.15) is 57.8 Å². The van der Waals surface area contributed by atoms with E-state index in [1.165, 1.54) is 57.8 Å². The average Bonchev–Trinajstić information content (AvgIpc) is 2.84. The molecule has 5 rings (SSSR count). The van der Waals surface area contributed by atoms with Gasteiger partial charge in [0.25, 0.3) is 0 Å². The highest BCUT2D eigenvalue weighted by Crippen LogP contribution is 2.60. The smallest absolute Gasteiger partial charge is 0.226 e. The Morgan fingerprint density at radius 3 is 2.20 bits per heavy atom. The Morgan fingerprint density at radius 2 is 1.65 bits per heavy atom. The minimum atomic E-state index is 0.0359.